The van der Waals surface area contributed by atoms with Crippen molar-refractivity contribution in [1.82, 2.24) is 10.2 Å². The Balaban J connectivity index is 2.32. The van der Waals surface area contributed by atoms with Gasteiger partial charge in [0.25, 0.3) is 0 Å². The second kappa shape index (κ2) is 6.72. The van der Waals surface area contributed by atoms with E-state index >= 15 is 0 Å². The smallest absolute Gasteiger partial charge is 0.0622 e. The van der Waals surface area contributed by atoms with Crippen LogP contribution < -0.4 is 5.32 Å². The van der Waals surface area contributed by atoms with Gasteiger partial charge in [-0.2, -0.15) is 0 Å². The van der Waals surface area contributed by atoms with Crippen LogP contribution in [0.5, 0.6) is 0 Å². The molecule has 1 saturated heterocycles. The van der Waals surface area contributed by atoms with Gasteiger partial charge in [-0.1, -0.05) is 6.92 Å². The van der Waals surface area contributed by atoms with Crippen molar-refractivity contribution in [3.05, 3.63) is 0 Å². The lowest BCUT2D eigenvalue weighted by atomic mass is 10.1. The van der Waals surface area contributed by atoms with Gasteiger partial charge in [0.2, 0.25) is 0 Å². The lowest BCUT2D eigenvalue weighted by Crippen LogP contribution is -2.50. The van der Waals surface area contributed by atoms with Crippen LogP contribution in [0, 0.1) is 0 Å². The molecule has 0 spiro atoms. The minimum Gasteiger partial charge on any atom is -0.378 e. The van der Waals surface area contributed by atoms with E-state index in [0.717, 1.165) is 26.3 Å². The fraction of sp³-hybridized carbons (Fsp3) is 1.00. The predicted octanol–water partition coefficient (Wildman–Crippen LogP) is 2.26. The zero-order valence-electron chi connectivity index (χ0n) is 12.3. The minimum absolute atomic E-state index is 0.231. The first kappa shape index (κ1) is 14.9. The van der Waals surface area contributed by atoms with Crippen LogP contribution >= 0.6 is 0 Å². The van der Waals surface area contributed by atoms with Crippen molar-refractivity contribution in [2.45, 2.75) is 65.1 Å². The van der Waals surface area contributed by atoms with Crippen LogP contribution in [0.2, 0.25) is 0 Å². The first-order chi connectivity index (χ1) is 7.94. The molecule has 0 bridgehead atoms. The van der Waals surface area contributed by atoms with Crippen molar-refractivity contribution in [2.24, 2.45) is 0 Å². The summed E-state index contributed by atoms with van der Waals surface area (Å²) in [7, 11) is 0. The van der Waals surface area contributed by atoms with E-state index in [9.17, 15) is 0 Å². The van der Waals surface area contributed by atoms with E-state index in [1.807, 2.05) is 0 Å². The van der Waals surface area contributed by atoms with E-state index < -0.39 is 0 Å². The summed E-state index contributed by atoms with van der Waals surface area (Å²) in [6.07, 6.45) is 2.41. The summed E-state index contributed by atoms with van der Waals surface area (Å²) in [6.45, 7) is 15.3. The molecule has 1 aliphatic heterocycles. The molecule has 0 aromatic carbocycles. The molecule has 0 aromatic heterocycles. The number of hydrogen-bond donors (Lipinski definition) is 1. The lowest BCUT2D eigenvalue weighted by Gasteiger charge is -2.39. The average molecular weight is 242 g/mol. The van der Waals surface area contributed by atoms with E-state index in [2.05, 4.69) is 44.8 Å². The van der Waals surface area contributed by atoms with Crippen LogP contribution in [-0.4, -0.2) is 48.8 Å². The van der Waals surface area contributed by atoms with Gasteiger partial charge in [0.05, 0.1) is 13.2 Å². The second-order valence-electron chi connectivity index (χ2n) is 6.19. The maximum Gasteiger partial charge on any atom is 0.0622 e. The molecule has 2 unspecified atom stereocenters. The Bertz CT molecular complexity index is 213. The molecule has 0 aliphatic carbocycles. The van der Waals surface area contributed by atoms with Crippen molar-refractivity contribution in [1.29, 1.82) is 0 Å². The standard InChI is InChI=1S/C14H30N2O/c1-6-13-11-17-10-9-16(13)12(2)7-8-15-14(3,4)5/h12-13,15H,6-11H2,1-5H3. The van der Waals surface area contributed by atoms with Crippen LogP contribution in [0.4, 0.5) is 0 Å². The molecule has 102 valence electrons. The van der Waals surface area contributed by atoms with Gasteiger partial charge >= 0.3 is 0 Å². The Morgan fingerprint density at radius 1 is 1.41 bits per heavy atom. The van der Waals surface area contributed by atoms with Crippen LogP contribution in [0.1, 0.15) is 47.5 Å². The second-order valence-corrected chi connectivity index (χ2v) is 6.19. The number of nitrogens with zero attached hydrogens (tertiary/aromatic N) is 1. The zero-order valence-corrected chi connectivity index (χ0v) is 12.3. The highest BCUT2D eigenvalue weighted by Gasteiger charge is 2.25. The fourth-order valence-electron chi connectivity index (χ4n) is 2.42. The van der Waals surface area contributed by atoms with Crippen molar-refractivity contribution in [3.63, 3.8) is 0 Å². The van der Waals surface area contributed by atoms with Gasteiger partial charge in [-0.15, -0.1) is 0 Å². The highest BCUT2D eigenvalue weighted by Crippen LogP contribution is 2.15. The summed E-state index contributed by atoms with van der Waals surface area (Å²) in [5.74, 6) is 0. The normalized spacial score (nSPS) is 24.9. The van der Waals surface area contributed by atoms with Gasteiger partial charge in [0.1, 0.15) is 0 Å². The Kier molecular flexibility index (Phi) is 5.90. The zero-order chi connectivity index (χ0) is 12.9. The summed E-state index contributed by atoms with van der Waals surface area (Å²) >= 11 is 0. The van der Waals surface area contributed by atoms with Crippen LogP contribution in [0.25, 0.3) is 0 Å². The molecule has 0 saturated carbocycles. The maximum atomic E-state index is 5.55. The number of ether oxygens (including phenoxy) is 1. The van der Waals surface area contributed by atoms with Crippen molar-refractivity contribution < 1.29 is 4.74 Å². The third-order valence-corrected chi connectivity index (χ3v) is 3.53. The third kappa shape index (κ3) is 5.36. The van der Waals surface area contributed by atoms with Gasteiger partial charge in [0.15, 0.2) is 0 Å². The number of nitrogens with one attached hydrogen (secondary N) is 1. The van der Waals surface area contributed by atoms with Crippen molar-refractivity contribution in [3.8, 4) is 0 Å². The van der Waals surface area contributed by atoms with E-state index in [-0.39, 0.29) is 5.54 Å². The molecule has 2 atom stereocenters. The maximum absolute atomic E-state index is 5.55. The molecule has 1 heterocycles. The van der Waals surface area contributed by atoms with Gasteiger partial charge in [0, 0.05) is 24.2 Å². The summed E-state index contributed by atoms with van der Waals surface area (Å²) < 4.78 is 5.55. The van der Waals surface area contributed by atoms with Crippen molar-refractivity contribution >= 4 is 0 Å². The summed E-state index contributed by atoms with van der Waals surface area (Å²) in [4.78, 5) is 2.62. The Morgan fingerprint density at radius 2 is 2.12 bits per heavy atom. The lowest BCUT2D eigenvalue weighted by molar-refractivity contribution is -0.0281. The molecule has 0 amide bonds. The van der Waals surface area contributed by atoms with E-state index in [1.54, 1.807) is 0 Å². The van der Waals surface area contributed by atoms with Crippen LogP contribution in [0.15, 0.2) is 0 Å². The van der Waals surface area contributed by atoms with Gasteiger partial charge in [-0.3, -0.25) is 4.90 Å². The number of morpholine rings is 1. The summed E-state index contributed by atoms with van der Waals surface area (Å²) in [5, 5.41) is 3.57. The topological polar surface area (TPSA) is 24.5 Å². The van der Waals surface area contributed by atoms with Crippen molar-refractivity contribution in [2.75, 3.05) is 26.3 Å². The third-order valence-electron chi connectivity index (χ3n) is 3.53. The molecule has 3 heteroatoms. The summed E-state index contributed by atoms with van der Waals surface area (Å²) in [6, 6.07) is 1.27. The molecule has 1 N–H and O–H groups in total. The molecule has 0 radical (unpaired) electrons. The fourth-order valence-corrected chi connectivity index (χ4v) is 2.42. The molecular formula is C14H30N2O. The first-order valence-electron chi connectivity index (χ1n) is 7.02. The molecule has 1 rings (SSSR count). The van der Waals surface area contributed by atoms with Crippen LogP contribution in [-0.2, 0) is 4.74 Å². The number of rotatable bonds is 5. The molecular weight excluding hydrogens is 212 g/mol. The molecule has 3 nitrogen and oxygen atoms in total. The minimum atomic E-state index is 0.231. The van der Waals surface area contributed by atoms with Gasteiger partial charge in [-0.25, -0.2) is 0 Å². The van der Waals surface area contributed by atoms with E-state index in [1.165, 1.54) is 12.8 Å². The van der Waals surface area contributed by atoms with Gasteiger partial charge < -0.3 is 10.1 Å². The van der Waals surface area contributed by atoms with E-state index in [0.29, 0.717) is 12.1 Å². The molecule has 0 aromatic rings. The Labute approximate surface area is 107 Å². The highest BCUT2D eigenvalue weighted by atomic mass is 16.5. The summed E-state index contributed by atoms with van der Waals surface area (Å²) in [5.41, 5.74) is 0.231. The largest absolute Gasteiger partial charge is 0.378 e. The Hall–Kier alpha value is -0.120. The molecule has 1 fully saturated rings. The monoisotopic (exact) mass is 242 g/mol. The molecule has 1 aliphatic rings. The molecule has 17 heavy (non-hydrogen) atoms. The first-order valence-corrected chi connectivity index (χ1v) is 7.02. The average Bonchev–Trinajstić information content (AvgIpc) is 2.27. The highest BCUT2D eigenvalue weighted by molar-refractivity contribution is 4.80. The number of hydrogen-bond acceptors (Lipinski definition) is 3. The quantitative estimate of drug-likeness (QED) is 0.800. The van der Waals surface area contributed by atoms with Gasteiger partial charge in [-0.05, 0) is 47.1 Å². The predicted molar refractivity (Wildman–Crippen MR) is 73.4 cm³/mol. The van der Waals surface area contributed by atoms with Crippen LogP contribution in [0.3, 0.4) is 0 Å². The Morgan fingerprint density at radius 3 is 2.71 bits per heavy atom. The SMILES string of the molecule is CCC1COCCN1C(C)CCNC(C)(C)C. The van der Waals surface area contributed by atoms with E-state index in [4.69, 9.17) is 4.74 Å².